The van der Waals surface area contributed by atoms with Gasteiger partial charge in [-0.2, -0.15) is 9.78 Å². The molecule has 110 valence electrons. The molecule has 6 nitrogen and oxygen atoms in total. The van der Waals surface area contributed by atoms with E-state index in [1.54, 1.807) is 38.4 Å². The largest absolute Gasteiger partial charge is 0.373 e. The van der Waals surface area contributed by atoms with Crippen molar-refractivity contribution < 1.29 is 4.79 Å². The Morgan fingerprint density at radius 1 is 1.33 bits per heavy atom. The van der Waals surface area contributed by atoms with Crippen LogP contribution < -0.4 is 10.9 Å². The molecule has 2 rings (SSSR count). The Hall–Kier alpha value is -2.34. The summed E-state index contributed by atoms with van der Waals surface area (Å²) in [5.74, 6) is -0.127. The molecule has 0 atom stereocenters. The molecule has 0 spiro atoms. The van der Waals surface area contributed by atoms with Crippen molar-refractivity contribution in [2.24, 2.45) is 0 Å². The number of nitrogens with one attached hydrogen (secondary N) is 1. The molecule has 0 saturated heterocycles. The average molecular weight is 307 g/mol. The van der Waals surface area contributed by atoms with Gasteiger partial charge in [0.15, 0.2) is 0 Å². The fourth-order valence-corrected chi connectivity index (χ4v) is 1.83. The summed E-state index contributed by atoms with van der Waals surface area (Å²) < 4.78 is 1.21. The number of carbonyl (C=O) groups is 1. The number of likely N-dealkylation sites (N-methyl/N-ethyl adjacent to an activating group) is 1. The lowest BCUT2D eigenvalue weighted by atomic mass is 10.3. The van der Waals surface area contributed by atoms with Crippen molar-refractivity contribution in [3.8, 4) is 5.69 Å². The molecule has 0 unspecified atom stereocenters. The van der Waals surface area contributed by atoms with E-state index in [4.69, 9.17) is 11.6 Å². The summed E-state index contributed by atoms with van der Waals surface area (Å²) in [5, 5.41) is 6.88. The summed E-state index contributed by atoms with van der Waals surface area (Å²) >= 11 is 6.05. The maximum absolute atomic E-state index is 12.2. The van der Waals surface area contributed by atoms with Crippen LogP contribution in [-0.2, 0) is 4.79 Å². The summed E-state index contributed by atoms with van der Waals surface area (Å²) in [7, 11) is 3.30. The van der Waals surface area contributed by atoms with Crippen molar-refractivity contribution in [1.29, 1.82) is 0 Å². The van der Waals surface area contributed by atoms with E-state index in [1.165, 1.54) is 15.8 Å². The van der Waals surface area contributed by atoms with E-state index in [2.05, 4.69) is 10.4 Å². The number of hydrogen-bond acceptors (Lipinski definition) is 4. The summed E-state index contributed by atoms with van der Waals surface area (Å²) in [5.41, 5.74) is 0.523. The molecule has 1 N–H and O–H groups in total. The van der Waals surface area contributed by atoms with Gasteiger partial charge in [-0.05, 0) is 12.1 Å². The van der Waals surface area contributed by atoms with Crippen LogP contribution in [0.3, 0.4) is 0 Å². The van der Waals surface area contributed by atoms with Gasteiger partial charge in [-0.1, -0.05) is 29.8 Å². The number of carbonyl (C=O) groups excluding carboxylic acids is 1. The Balaban J connectivity index is 2.26. The quantitative estimate of drug-likeness (QED) is 0.927. The lowest BCUT2D eigenvalue weighted by Gasteiger charge is -2.13. The number of anilines is 1. The van der Waals surface area contributed by atoms with Crippen LogP contribution in [-0.4, -0.2) is 41.2 Å². The van der Waals surface area contributed by atoms with Crippen LogP contribution in [0.4, 0.5) is 5.69 Å². The van der Waals surface area contributed by atoms with Crippen LogP contribution >= 0.6 is 11.6 Å². The zero-order chi connectivity index (χ0) is 15.4. The number of amides is 1. The second kappa shape index (κ2) is 6.41. The minimum Gasteiger partial charge on any atom is -0.373 e. The predicted molar refractivity (Wildman–Crippen MR) is 82.0 cm³/mol. The number of nitrogens with zero attached hydrogens (tertiary/aromatic N) is 3. The van der Waals surface area contributed by atoms with E-state index in [1.807, 2.05) is 6.07 Å². The molecule has 1 amide bonds. The van der Waals surface area contributed by atoms with Crippen molar-refractivity contribution >= 4 is 23.2 Å². The lowest BCUT2D eigenvalue weighted by Crippen LogP contribution is -2.29. The first kappa shape index (κ1) is 15.1. The molecule has 1 aromatic carbocycles. The molecule has 0 radical (unpaired) electrons. The highest BCUT2D eigenvalue weighted by molar-refractivity contribution is 6.33. The Labute approximate surface area is 127 Å². The minimum absolute atomic E-state index is 0.000379. The van der Waals surface area contributed by atoms with Crippen LogP contribution in [0, 0.1) is 0 Å². The Bertz CT molecular complexity index is 698. The number of hydrogen-bond donors (Lipinski definition) is 1. The minimum atomic E-state index is -0.440. The van der Waals surface area contributed by atoms with E-state index in [-0.39, 0.29) is 17.5 Å². The highest BCUT2D eigenvalue weighted by Crippen LogP contribution is 2.16. The number of aromatic nitrogens is 2. The van der Waals surface area contributed by atoms with E-state index < -0.39 is 5.56 Å². The van der Waals surface area contributed by atoms with Gasteiger partial charge in [0.05, 0.1) is 24.1 Å². The summed E-state index contributed by atoms with van der Waals surface area (Å²) in [6.07, 6.45) is 1.43. The zero-order valence-corrected chi connectivity index (χ0v) is 12.5. The third-order valence-corrected chi connectivity index (χ3v) is 3.21. The van der Waals surface area contributed by atoms with Crippen LogP contribution in [0.1, 0.15) is 0 Å². The molecule has 21 heavy (non-hydrogen) atoms. The molecule has 0 saturated carbocycles. The Morgan fingerprint density at radius 2 is 2.00 bits per heavy atom. The molecule has 2 aromatic rings. The normalized spacial score (nSPS) is 10.2. The van der Waals surface area contributed by atoms with Crippen molar-refractivity contribution in [2.75, 3.05) is 26.0 Å². The van der Waals surface area contributed by atoms with E-state index in [0.29, 0.717) is 11.4 Å². The fraction of sp³-hybridized carbons (Fsp3) is 0.214. The molecule has 0 fully saturated rings. The molecular weight excluding hydrogens is 292 g/mol. The molecule has 1 aromatic heterocycles. The van der Waals surface area contributed by atoms with Crippen molar-refractivity contribution in [1.82, 2.24) is 14.7 Å². The highest BCUT2D eigenvalue weighted by Gasteiger charge is 2.11. The van der Waals surface area contributed by atoms with Gasteiger partial charge in [-0.15, -0.1) is 0 Å². The first-order valence-electron chi connectivity index (χ1n) is 6.28. The SMILES string of the molecule is CN(C)C(=O)CNc1cnn(-c2ccccc2)c(=O)c1Cl. The molecule has 7 heteroatoms. The van der Waals surface area contributed by atoms with Gasteiger partial charge >= 0.3 is 0 Å². The van der Waals surface area contributed by atoms with Crippen LogP contribution in [0.5, 0.6) is 0 Å². The van der Waals surface area contributed by atoms with Gasteiger partial charge < -0.3 is 10.2 Å². The van der Waals surface area contributed by atoms with Gasteiger partial charge in [0.1, 0.15) is 5.02 Å². The van der Waals surface area contributed by atoms with Crippen LogP contribution in [0.25, 0.3) is 5.69 Å². The van der Waals surface area contributed by atoms with Gasteiger partial charge in [0.25, 0.3) is 5.56 Å². The third kappa shape index (κ3) is 3.41. The van der Waals surface area contributed by atoms with Gasteiger partial charge in [-0.3, -0.25) is 9.59 Å². The standard InChI is InChI=1S/C14H15ClN4O2/c1-18(2)12(20)9-16-11-8-17-19(14(21)13(11)15)10-6-4-3-5-7-10/h3-8,16H,9H2,1-2H3. The van der Waals surface area contributed by atoms with E-state index in [9.17, 15) is 9.59 Å². The fourth-order valence-electron chi connectivity index (χ4n) is 1.64. The topological polar surface area (TPSA) is 67.2 Å². The monoisotopic (exact) mass is 306 g/mol. The molecule has 0 aliphatic heterocycles. The number of benzene rings is 1. The number of para-hydroxylation sites is 1. The van der Waals surface area contributed by atoms with Gasteiger partial charge in [0, 0.05) is 14.1 Å². The number of halogens is 1. The summed E-state index contributed by atoms with van der Waals surface area (Å²) in [6.45, 7) is 0.0448. The molecule has 0 aliphatic rings. The Kier molecular flexibility index (Phi) is 4.59. The van der Waals surface area contributed by atoms with Crippen molar-refractivity contribution in [3.63, 3.8) is 0 Å². The molecule has 0 aliphatic carbocycles. The maximum Gasteiger partial charge on any atom is 0.292 e. The second-order valence-electron chi connectivity index (χ2n) is 4.57. The maximum atomic E-state index is 12.2. The first-order chi connectivity index (χ1) is 10.0. The lowest BCUT2D eigenvalue weighted by molar-refractivity contribution is -0.126. The van der Waals surface area contributed by atoms with E-state index in [0.717, 1.165) is 0 Å². The van der Waals surface area contributed by atoms with Crippen LogP contribution in [0.15, 0.2) is 41.3 Å². The molecule has 0 bridgehead atoms. The average Bonchev–Trinajstić information content (AvgIpc) is 2.49. The van der Waals surface area contributed by atoms with E-state index >= 15 is 0 Å². The third-order valence-electron chi connectivity index (χ3n) is 2.85. The predicted octanol–water partition coefficient (Wildman–Crippen LogP) is 1.39. The van der Waals surface area contributed by atoms with Gasteiger partial charge in [-0.25, -0.2) is 0 Å². The first-order valence-corrected chi connectivity index (χ1v) is 6.66. The Morgan fingerprint density at radius 3 is 2.62 bits per heavy atom. The summed E-state index contributed by atoms with van der Waals surface area (Å²) in [6, 6.07) is 8.97. The molecular formula is C14H15ClN4O2. The van der Waals surface area contributed by atoms with Crippen molar-refractivity contribution in [2.45, 2.75) is 0 Å². The zero-order valence-electron chi connectivity index (χ0n) is 11.7. The smallest absolute Gasteiger partial charge is 0.292 e. The van der Waals surface area contributed by atoms with Gasteiger partial charge in [0.2, 0.25) is 5.91 Å². The highest BCUT2D eigenvalue weighted by atomic mass is 35.5. The van der Waals surface area contributed by atoms with Crippen LogP contribution in [0.2, 0.25) is 5.02 Å². The molecule has 1 heterocycles. The second-order valence-corrected chi connectivity index (χ2v) is 4.94. The summed E-state index contributed by atoms with van der Waals surface area (Å²) in [4.78, 5) is 25.2. The number of rotatable bonds is 4. The van der Waals surface area contributed by atoms with Crippen molar-refractivity contribution in [3.05, 3.63) is 51.9 Å².